The van der Waals surface area contributed by atoms with Crippen LogP contribution < -0.4 is 10.5 Å². The van der Waals surface area contributed by atoms with E-state index in [0.29, 0.717) is 22.5 Å². The first-order valence-electron chi connectivity index (χ1n) is 12.2. The molecular weight excluding hydrogens is 436 g/mol. The summed E-state index contributed by atoms with van der Waals surface area (Å²) in [5.41, 5.74) is 6.88. The van der Waals surface area contributed by atoms with Gasteiger partial charge in [0.25, 0.3) is 0 Å². The van der Waals surface area contributed by atoms with Crippen molar-refractivity contribution < 1.29 is 4.42 Å². The van der Waals surface area contributed by atoms with Crippen LogP contribution in [0.15, 0.2) is 63.3 Å². The molecule has 6 nitrogen and oxygen atoms in total. The molecule has 0 unspecified atom stereocenters. The highest BCUT2D eigenvalue weighted by Crippen LogP contribution is 2.35. The molecule has 4 aromatic rings. The summed E-state index contributed by atoms with van der Waals surface area (Å²) >= 11 is 0. The summed E-state index contributed by atoms with van der Waals surface area (Å²) < 4.78 is 5.83. The van der Waals surface area contributed by atoms with Crippen LogP contribution in [-0.2, 0) is 0 Å². The van der Waals surface area contributed by atoms with Crippen LogP contribution in [0.1, 0.15) is 50.1 Å². The van der Waals surface area contributed by atoms with Crippen LogP contribution in [0.2, 0.25) is 0 Å². The molecule has 35 heavy (non-hydrogen) atoms. The van der Waals surface area contributed by atoms with Crippen molar-refractivity contribution in [3.63, 3.8) is 0 Å². The van der Waals surface area contributed by atoms with Gasteiger partial charge in [-0.2, -0.15) is 5.26 Å². The highest BCUT2D eigenvalue weighted by molar-refractivity contribution is 5.90. The van der Waals surface area contributed by atoms with Crippen LogP contribution in [0.3, 0.4) is 0 Å². The van der Waals surface area contributed by atoms with E-state index in [2.05, 4.69) is 40.9 Å². The summed E-state index contributed by atoms with van der Waals surface area (Å²) in [5.74, 6) is 0.562. The van der Waals surface area contributed by atoms with E-state index in [-0.39, 0.29) is 5.63 Å². The Morgan fingerprint density at radius 2 is 1.97 bits per heavy atom. The maximum atomic E-state index is 13.2. The lowest BCUT2D eigenvalue weighted by Crippen LogP contribution is -2.21. The van der Waals surface area contributed by atoms with Gasteiger partial charge in [0, 0.05) is 30.2 Å². The van der Waals surface area contributed by atoms with E-state index < -0.39 is 0 Å². The maximum absolute atomic E-state index is 13.2. The zero-order valence-corrected chi connectivity index (χ0v) is 20.3. The molecule has 2 aromatic heterocycles. The van der Waals surface area contributed by atoms with Gasteiger partial charge < -0.3 is 14.3 Å². The fourth-order valence-electron chi connectivity index (χ4n) is 5.07. The van der Waals surface area contributed by atoms with Crippen LogP contribution in [0.5, 0.6) is 0 Å². The third-order valence-electron chi connectivity index (χ3n) is 6.90. The first-order valence-corrected chi connectivity index (χ1v) is 12.2. The molecule has 0 aliphatic heterocycles. The van der Waals surface area contributed by atoms with Crippen molar-refractivity contribution in [3.8, 4) is 6.07 Å². The lowest BCUT2D eigenvalue weighted by molar-refractivity contribution is 0.556. The number of hydrogen-bond acceptors (Lipinski definition) is 5. The number of rotatable bonds is 5. The number of fused-ring (bicyclic) bond motifs is 2. The molecule has 1 aliphatic carbocycles. The van der Waals surface area contributed by atoms with E-state index in [1.165, 1.54) is 0 Å². The number of aromatic amines is 1. The Bertz CT molecular complexity index is 1560. The van der Waals surface area contributed by atoms with Crippen molar-refractivity contribution >= 4 is 38.8 Å². The number of nitrogens with one attached hydrogen (secondary N) is 1. The third kappa shape index (κ3) is 4.04. The van der Waals surface area contributed by atoms with Gasteiger partial charge in [-0.15, -0.1) is 0 Å². The summed E-state index contributed by atoms with van der Waals surface area (Å²) in [4.78, 5) is 23.3. The first kappa shape index (κ1) is 22.7. The maximum Gasteiger partial charge on any atom is 0.344 e. The van der Waals surface area contributed by atoms with Crippen molar-refractivity contribution in [2.75, 3.05) is 18.0 Å². The first-order chi connectivity index (χ1) is 17.0. The largest absolute Gasteiger partial charge is 0.422 e. The van der Waals surface area contributed by atoms with Gasteiger partial charge in [-0.05, 0) is 81.0 Å². The summed E-state index contributed by atoms with van der Waals surface area (Å²) in [7, 11) is 0. The van der Waals surface area contributed by atoms with Gasteiger partial charge in [-0.3, -0.25) is 0 Å². The Morgan fingerprint density at radius 3 is 2.71 bits per heavy atom. The molecule has 0 fully saturated rings. The van der Waals surface area contributed by atoms with Gasteiger partial charge in [-0.1, -0.05) is 18.2 Å². The summed E-state index contributed by atoms with van der Waals surface area (Å²) in [6.45, 7) is 7.98. The van der Waals surface area contributed by atoms with Crippen LogP contribution in [-0.4, -0.2) is 23.1 Å². The number of H-pyrrole nitrogens is 1. The third-order valence-corrected chi connectivity index (χ3v) is 6.90. The second-order valence-electron chi connectivity index (χ2n) is 8.88. The van der Waals surface area contributed by atoms with Crippen molar-refractivity contribution in [2.45, 2.75) is 40.0 Å². The molecule has 0 spiro atoms. The van der Waals surface area contributed by atoms with E-state index in [1.54, 1.807) is 0 Å². The van der Waals surface area contributed by atoms with Gasteiger partial charge in [0.1, 0.15) is 17.5 Å². The number of anilines is 1. The van der Waals surface area contributed by atoms with E-state index >= 15 is 0 Å². The van der Waals surface area contributed by atoms with E-state index in [0.717, 1.165) is 71.2 Å². The van der Waals surface area contributed by atoms with Crippen molar-refractivity contribution in [1.29, 1.82) is 5.26 Å². The molecule has 1 aliphatic rings. The lowest BCUT2D eigenvalue weighted by atomic mass is 9.87. The Kier molecular flexibility index (Phi) is 6.00. The van der Waals surface area contributed by atoms with Crippen molar-refractivity contribution in [3.05, 3.63) is 81.5 Å². The van der Waals surface area contributed by atoms with Gasteiger partial charge >= 0.3 is 5.63 Å². The average Bonchev–Trinajstić information content (AvgIpc) is 3.29. The normalized spacial score (nSPS) is 15.2. The molecule has 0 amide bonds. The zero-order valence-electron chi connectivity index (χ0n) is 20.3. The van der Waals surface area contributed by atoms with Crippen LogP contribution in [0.25, 0.3) is 33.1 Å². The minimum atomic E-state index is -0.332. The number of hydrogen-bond donors (Lipinski definition) is 1. The smallest absolute Gasteiger partial charge is 0.344 e. The fraction of sp³-hybridized carbons (Fsp3) is 0.276. The van der Waals surface area contributed by atoms with Crippen LogP contribution in [0, 0.1) is 18.3 Å². The molecule has 0 atom stereocenters. The zero-order chi connectivity index (χ0) is 24.5. The molecule has 2 aromatic carbocycles. The predicted octanol–water partition coefficient (Wildman–Crippen LogP) is 6.37. The number of allylic oxidation sites excluding steroid dienone is 4. The fourth-order valence-corrected chi connectivity index (χ4v) is 5.07. The molecule has 0 saturated heterocycles. The average molecular weight is 465 g/mol. The lowest BCUT2D eigenvalue weighted by Gasteiger charge is -2.22. The molecule has 0 radical (unpaired) electrons. The number of nitriles is 1. The molecule has 176 valence electrons. The summed E-state index contributed by atoms with van der Waals surface area (Å²) in [6.07, 6.45) is 4.36. The SMILES string of the molecule is CCN(CC)c1ccc2c(C)c(C3=CC(=C(C#N)c4nc5ccccc5[nH]4)CCC3)c(=O)oc2c1. The molecule has 1 N–H and O–H groups in total. The number of nitrogens with zero attached hydrogens (tertiary/aromatic N) is 3. The number of aryl methyl sites for hydroxylation is 1. The number of benzene rings is 2. The standard InChI is InChI=1S/C29H28N4O2/c1-4-33(5-2)21-13-14-22-18(3)27(29(34)35-26(22)16-21)20-10-8-9-19(15-20)23(17-30)28-31-24-11-6-7-12-25(24)32-28/h6-7,11-16H,4-5,8-10H2,1-3H3,(H,31,32). The van der Waals surface area contributed by atoms with E-state index in [1.807, 2.05) is 49.4 Å². The van der Waals surface area contributed by atoms with Gasteiger partial charge in [0.15, 0.2) is 0 Å². The minimum Gasteiger partial charge on any atom is -0.422 e. The quantitative estimate of drug-likeness (QED) is 0.274. The monoisotopic (exact) mass is 464 g/mol. The van der Waals surface area contributed by atoms with E-state index in [9.17, 15) is 10.1 Å². The van der Waals surface area contributed by atoms with Crippen molar-refractivity contribution in [1.82, 2.24) is 9.97 Å². The topological polar surface area (TPSA) is 85.9 Å². The number of para-hydroxylation sites is 2. The Labute approximate surface area is 204 Å². The highest BCUT2D eigenvalue weighted by atomic mass is 16.4. The summed E-state index contributed by atoms with van der Waals surface area (Å²) in [6, 6.07) is 16.2. The summed E-state index contributed by atoms with van der Waals surface area (Å²) in [5, 5.41) is 10.9. The molecular formula is C29H28N4O2. The Hall–Kier alpha value is -4.11. The highest BCUT2D eigenvalue weighted by Gasteiger charge is 2.21. The molecule has 5 rings (SSSR count). The number of aromatic nitrogens is 2. The second-order valence-corrected chi connectivity index (χ2v) is 8.88. The predicted molar refractivity (Wildman–Crippen MR) is 141 cm³/mol. The Morgan fingerprint density at radius 1 is 1.17 bits per heavy atom. The minimum absolute atomic E-state index is 0.332. The van der Waals surface area contributed by atoms with Gasteiger partial charge in [0.05, 0.1) is 22.2 Å². The molecule has 6 heteroatoms. The van der Waals surface area contributed by atoms with Crippen molar-refractivity contribution in [2.24, 2.45) is 0 Å². The second kappa shape index (κ2) is 9.27. The number of imidazole rings is 1. The molecule has 0 bridgehead atoms. The van der Waals surface area contributed by atoms with Crippen LogP contribution in [0.4, 0.5) is 5.69 Å². The van der Waals surface area contributed by atoms with Gasteiger partial charge in [0.2, 0.25) is 0 Å². The Balaban J connectivity index is 1.62. The van der Waals surface area contributed by atoms with Gasteiger partial charge in [-0.25, -0.2) is 9.78 Å². The molecule has 0 saturated carbocycles. The van der Waals surface area contributed by atoms with Crippen LogP contribution >= 0.6 is 0 Å². The molecule has 2 heterocycles. The van der Waals surface area contributed by atoms with E-state index in [4.69, 9.17) is 4.42 Å².